The van der Waals surface area contributed by atoms with Crippen LogP contribution in [0.15, 0.2) is 47.0 Å². The highest BCUT2D eigenvalue weighted by molar-refractivity contribution is 5.94. The molecule has 0 N–H and O–H groups in total. The third-order valence-electron chi connectivity index (χ3n) is 6.46. The fourth-order valence-corrected chi connectivity index (χ4v) is 4.47. The lowest BCUT2D eigenvalue weighted by Crippen LogP contribution is -2.48. The Morgan fingerprint density at radius 2 is 1.94 bits per heavy atom. The van der Waals surface area contributed by atoms with Crippen LogP contribution in [0.1, 0.15) is 38.5 Å². The van der Waals surface area contributed by atoms with Gasteiger partial charge in [0.05, 0.1) is 17.9 Å². The standard InChI is InChI=1S/C26H29N3O4/c1-18-24(19(2)33-27-18)17-32-23-5-3-4-22(15-23)26(30)29-11-9-28(10-12-29)16-20-6-7-25-21(14-20)8-13-31-25/h3-7,14-15H,8-13,16-17H2,1-2H3. The summed E-state index contributed by atoms with van der Waals surface area (Å²) in [5.74, 6) is 2.49. The lowest BCUT2D eigenvalue weighted by molar-refractivity contribution is 0.0628. The summed E-state index contributed by atoms with van der Waals surface area (Å²) in [4.78, 5) is 17.4. The van der Waals surface area contributed by atoms with Crippen LogP contribution in [-0.4, -0.2) is 53.6 Å². The van der Waals surface area contributed by atoms with Gasteiger partial charge in [-0.25, -0.2) is 0 Å². The van der Waals surface area contributed by atoms with Crippen molar-refractivity contribution in [2.45, 2.75) is 33.4 Å². The van der Waals surface area contributed by atoms with E-state index in [2.05, 4.69) is 28.3 Å². The van der Waals surface area contributed by atoms with E-state index in [1.807, 2.05) is 43.0 Å². The molecule has 0 unspecified atom stereocenters. The van der Waals surface area contributed by atoms with Gasteiger partial charge >= 0.3 is 0 Å². The minimum absolute atomic E-state index is 0.0483. The first-order valence-corrected chi connectivity index (χ1v) is 11.5. The number of carbonyl (C=O) groups is 1. The Kier molecular flexibility index (Phi) is 6.05. The molecule has 0 aliphatic carbocycles. The molecule has 3 aromatic rings. The highest BCUT2D eigenvalue weighted by atomic mass is 16.5. The quantitative estimate of drug-likeness (QED) is 0.573. The minimum atomic E-state index is 0.0483. The van der Waals surface area contributed by atoms with Gasteiger partial charge in [-0.1, -0.05) is 23.4 Å². The van der Waals surface area contributed by atoms with E-state index >= 15 is 0 Å². The predicted octanol–water partition coefficient (Wildman–Crippen LogP) is 3.76. The molecule has 172 valence electrons. The van der Waals surface area contributed by atoms with Gasteiger partial charge in [-0.05, 0) is 49.2 Å². The van der Waals surface area contributed by atoms with Gasteiger partial charge in [-0.2, -0.15) is 0 Å². The van der Waals surface area contributed by atoms with Crippen LogP contribution in [0, 0.1) is 13.8 Å². The number of ether oxygens (including phenoxy) is 2. The number of fused-ring (bicyclic) bond motifs is 1. The topological polar surface area (TPSA) is 68.0 Å². The number of benzene rings is 2. The molecular formula is C26H29N3O4. The van der Waals surface area contributed by atoms with E-state index in [0.29, 0.717) is 17.9 Å². The molecule has 2 aliphatic heterocycles. The summed E-state index contributed by atoms with van der Waals surface area (Å²) >= 11 is 0. The molecule has 0 saturated carbocycles. The average molecular weight is 448 g/mol. The summed E-state index contributed by atoms with van der Waals surface area (Å²) in [6.07, 6.45) is 0.992. The van der Waals surface area contributed by atoms with Crippen molar-refractivity contribution in [3.63, 3.8) is 0 Å². The van der Waals surface area contributed by atoms with Crippen LogP contribution in [0.5, 0.6) is 11.5 Å². The molecule has 33 heavy (non-hydrogen) atoms. The maximum absolute atomic E-state index is 13.1. The lowest BCUT2D eigenvalue weighted by Gasteiger charge is -2.35. The highest BCUT2D eigenvalue weighted by Crippen LogP contribution is 2.26. The van der Waals surface area contributed by atoms with Gasteiger partial charge in [0.15, 0.2) is 0 Å². The third kappa shape index (κ3) is 4.73. The Balaban J connectivity index is 1.16. The Bertz CT molecular complexity index is 1130. The monoisotopic (exact) mass is 447 g/mol. The van der Waals surface area contributed by atoms with E-state index < -0.39 is 0 Å². The number of hydrogen-bond donors (Lipinski definition) is 0. The zero-order valence-corrected chi connectivity index (χ0v) is 19.2. The summed E-state index contributed by atoms with van der Waals surface area (Å²) in [6.45, 7) is 8.99. The van der Waals surface area contributed by atoms with Crippen LogP contribution in [0.3, 0.4) is 0 Å². The average Bonchev–Trinajstić information content (AvgIpc) is 3.43. The molecule has 0 radical (unpaired) electrons. The van der Waals surface area contributed by atoms with Crippen molar-refractivity contribution >= 4 is 5.91 Å². The summed E-state index contributed by atoms with van der Waals surface area (Å²) in [5, 5.41) is 3.96. The third-order valence-corrected chi connectivity index (χ3v) is 6.46. The van der Waals surface area contributed by atoms with E-state index in [4.69, 9.17) is 14.0 Å². The fraction of sp³-hybridized carbons (Fsp3) is 0.385. The summed E-state index contributed by atoms with van der Waals surface area (Å²) < 4.78 is 16.7. The van der Waals surface area contributed by atoms with Crippen LogP contribution in [0.4, 0.5) is 0 Å². The van der Waals surface area contributed by atoms with Crippen molar-refractivity contribution in [1.82, 2.24) is 15.0 Å². The Labute approximate surface area is 193 Å². The van der Waals surface area contributed by atoms with E-state index in [9.17, 15) is 4.79 Å². The summed E-state index contributed by atoms with van der Waals surface area (Å²) in [6, 6.07) is 13.9. The number of aromatic nitrogens is 1. The number of rotatable bonds is 6. The summed E-state index contributed by atoms with van der Waals surface area (Å²) in [7, 11) is 0. The number of nitrogens with zero attached hydrogens (tertiary/aromatic N) is 3. The lowest BCUT2D eigenvalue weighted by atomic mass is 10.1. The van der Waals surface area contributed by atoms with E-state index in [-0.39, 0.29) is 5.91 Å². The van der Waals surface area contributed by atoms with Crippen molar-refractivity contribution in [1.29, 1.82) is 0 Å². The number of piperazine rings is 1. The van der Waals surface area contributed by atoms with Crippen LogP contribution in [-0.2, 0) is 19.6 Å². The van der Waals surface area contributed by atoms with E-state index in [1.165, 1.54) is 11.1 Å². The molecule has 0 atom stereocenters. The van der Waals surface area contributed by atoms with Crippen LogP contribution in [0.2, 0.25) is 0 Å². The molecule has 1 amide bonds. The second-order valence-corrected chi connectivity index (χ2v) is 8.73. The molecule has 2 aliphatic rings. The molecule has 7 heteroatoms. The van der Waals surface area contributed by atoms with Gasteiger partial charge in [-0.3, -0.25) is 9.69 Å². The largest absolute Gasteiger partial charge is 0.493 e. The zero-order chi connectivity index (χ0) is 22.8. The molecule has 5 rings (SSSR count). The van der Waals surface area contributed by atoms with Crippen molar-refractivity contribution in [3.05, 3.63) is 76.2 Å². The normalized spacial score (nSPS) is 15.9. The van der Waals surface area contributed by atoms with Crippen LogP contribution < -0.4 is 9.47 Å². The van der Waals surface area contributed by atoms with Crippen LogP contribution >= 0.6 is 0 Å². The van der Waals surface area contributed by atoms with Crippen molar-refractivity contribution in [3.8, 4) is 11.5 Å². The Hall–Kier alpha value is -3.32. The van der Waals surface area contributed by atoms with Gasteiger partial charge in [0.1, 0.15) is 23.9 Å². The van der Waals surface area contributed by atoms with Gasteiger partial charge in [0.2, 0.25) is 0 Å². The SMILES string of the molecule is Cc1noc(C)c1COc1cccc(C(=O)N2CCN(Cc3ccc4c(c3)CCO4)CC2)c1. The van der Waals surface area contributed by atoms with E-state index in [1.54, 1.807) is 0 Å². The first kappa shape index (κ1) is 21.5. The second kappa shape index (κ2) is 9.27. The molecule has 0 bridgehead atoms. The van der Waals surface area contributed by atoms with Crippen molar-refractivity contribution in [2.24, 2.45) is 0 Å². The molecule has 1 fully saturated rings. The molecule has 1 saturated heterocycles. The van der Waals surface area contributed by atoms with Crippen molar-refractivity contribution < 1.29 is 18.8 Å². The number of amides is 1. The molecular weight excluding hydrogens is 418 g/mol. The van der Waals surface area contributed by atoms with Gasteiger partial charge in [-0.15, -0.1) is 0 Å². The fourth-order valence-electron chi connectivity index (χ4n) is 4.47. The van der Waals surface area contributed by atoms with Gasteiger partial charge in [0.25, 0.3) is 5.91 Å². The molecule has 1 aromatic heterocycles. The number of hydrogen-bond acceptors (Lipinski definition) is 6. The summed E-state index contributed by atoms with van der Waals surface area (Å²) in [5.41, 5.74) is 5.03. The predicted molar refractivity (Wildman–Crippen MR) is 124 cm³/mol. The molecule has 7 nitrogen and oxygen atoms in total. The maximum atomic E-state index is 13.1. The first-order valence-electron chi connectivity index (χ1n) is 11.5. The van der Waals surface area contributed by atoms with Crippen molar-refractivity contribution in [2.75, 3.05) is 32.8 Å². The Morgan fingerprint density at radius 3 is 2.73 bits per heavy atom. The Morgan fingerprint density at radius 1 is 1.09 bits per heavy atom. The smallest absolute Gasteiger partial charge is 0.254 e. The first-order chi connectivity index (χ1) is 16.1. The number of aryl methyl sites for hydroxylation is 2. The molecule has 0 spiro atoms. The molecule has 2 aromatic carbocycles. The number of carbonyl (C=O) groups excluding carboxylic acids is 1. The highest BCUT2D eigenvalue weighted by Gasteiger charge is 2.23. The van der Waals surface area contributed by atoms with Crippen LogP contribution in [0.25, 0.3) is 0 Å². The second-order valence-electron chi connectivity index (χ2n) is 8.73. The minimum Gasteiger partial charge on any atom is -0.493 e. The van der Waals surface area contributed by atoms with Gasteiger partial charge in [0, 0.05) is 44.7 Å². The molecule has 3 heterocycles. The zero-order valence-electron chi connectivity index (χ0n) is 19.2. The van der Waals surface area contributed by atoms with E-state index in [0.717, 1.165) is 68.5 Å². The maximum Gasteiger partial charge on any atom is 0.254 e. The van der Waals surface area contributed by atoms with Gasteiger partial charge < -0.3 is 18.9 Å².